The van der Waals surface area contributed by atoms with Crippen LogP contribution in [0.4, 0.5) is 17.1 Å². The fourth-order valence-corrected chi connectivity index (χ4v) is 2.01. The molecule has 0 atom stereocenters. The first kappa shape index (κ1) is 15.1. The number of nitrogens with zero attached hydrogens (tertiary/aromatic N) is 1. The number of anilines is 2. The fraction of sp³-hybridized carbons (Fsp3) is 0.143. The molecule has 0 radical (unpaired) electrons. The van der Waals surface area contributed by atoms with Gasteiger partial charge in [-0.05, 0) is 36.4 Å². The highest BCUT2D eigenvalue weighted by atomic mass is 35.5. The number of halogens is 1. The normalized spacial score (nSPS) is 10.2. The largest absolute Gasteiger partial charge is 0.492 e. The Bertz CT molecular complexity index is 632. The maximum Gasteiger partial charge on any atom is 0.311 e. The molecule has 2 aromatic carbocycles. The van der Waals surface area contributed by atoms with Crippen molar-refractivity contribution in [2.24, 2.45) is 5.73 Å². The van der Waals surface area contributed by atoms with E-state index >= 15 is 0 Å². The molecule has 7 heteroatoms. The van der Waals surface area contributed by atoms with E-state index in [-0.39, 0.29) is 10.7 Å². The maximum absolute atomic E-state index is 11.1. The van der Waals surface area contributed by atoms with E-state index in [1.807, 2.05) is 0 Å². The molecule has 0 aliphatic heterocycles. The standard InChI is InChI=1S/C14H14ClN3O3/c15-12-2-1-3-13(14(12)18(19)20)17-10-4-6-11(7-5-10)21-9-8-16/h1-7,17H,8-9,16H2. The minimum absolute atomic E-state index is 0.0906. The molecule has 21 heavy (non-hydrogen) atoms. The molecule has 110 valence electrons. The molecule has 2 rings (SSSR count). The first-order valence-electron chi connectivity index (χ1n) is 6.24. The molecule has 0 saturated carbocycles. The van der Waals surface area contributed by atoms with Gasteiger partial charge in [0.2, 0.25) is 0 Å². The number of hydrogen-bond donors (Lipinski definition) is 2. The van der Waals surface area contributed by atoms with E-state index in [1.54, 1.807) is 36.4 Å². The van der Waals surface area contributed by atoms with Crippen molar-refractivity contribution in [3.05, 3.63) is 57.6 Å². The Morgan fingerprint density at radius 3 is 2.57 bits per heavy atom. The van der Waals surface area contributed by atoms with Gasteiger partial charge in [-0.1, -0.05) is 17.7 Å². The minimum Gasteiger partial charge on any atom is -0.492 e. The number of benzene rings is 2. The third-order valence-corrected chi connectivity index (χ3v) is 2.99. The van der Waals surface area contributed by atoms with Crippen LogP contribution in [0.25, 0.3) is 0 Å². The molecule has 6 nitrogen and oxygen atoms in total. The summed E-state index contributed by atoms with van der Waals surface area (Å²) in [6.07, 6.45) is 0. The van der Waals surface area contributed by atoms with Crippen LogP contribution in [-0.4, -0.2) is 18.1 Å². The van der Waals surface area contributed by atoms with Crippen LogP contribution in [0.15, 0.2) is 42.5 Å². The second-order valence-electron chi connectivity index (χ2n) is 4.18. The Labute approximate surface area is 126 Å². The summed E-state index contributed by atoms with van der Waals surface area (Å²) in [5, 5.41) is 14.1. The topological polar surface area (TPSA) is 90.4 Å². The molecule has 0 saturated heterocycles. The molecule has 0 aliphatic rings. The van der Waals surface area contributed by atoms with Crippen LogP contribution in [0.3, 0.4) is 0 Å². The summed E-state index contributed by atoms with van der Waals surface area (Å²) < 4.78 is 5.36. The summed E-state index contributed by atoms with van der Waals surface area (Å²) in [6, 6.07) is 11.8. The smallest absolute Gasteiger partial charge is 0.311 e. The maximum atomic E-state index is 11.1. The fourth-order valence-electron chi connectivity index (χ4n) is 1.77. The van der Waals surface area contributed by atoms with Crippen molar-refractivity contribution in [1.29, 1.82) is 0 Å². The minimum atomic E-state index is -0.511. The molecule has 0 aliphatic carbocycles. The average Bonchev–Trinajstić information content (AvgIpc) is 2.46. The highest BCUT2D eigenvalue weighted by Crippen LogP contribution is 2.34. The number of nitrogens with two attached hydrogens (primary N) is 1. The van der Waals surface area contributed by atoms with Gasteiger partial charge in [0.1, 0.15) is 23.1 Å². The third kappa shape index (κ3) is 3.84. The quantitative estimate of drug-likeness (QED) is 0.631. The van der Waals surface area contributed by atoms with E-state index in [9.17, 15) is 10.1 Å². The Balaban J connectivity index is 2.19. The second-order valence-corrected chi connectivity index (χ2v) is 4.59. The molecular formula is C14H14ClN3O3. The Morgan fingerprint density at radius 1 is 1.24 bits per heavy atom. The van der Waals surface area contributed by atoms with Crippen LogP contribution in [0.1, 0.15) is 0 Å². The number of rotatable bonds is 6. The van der Waals surface area contributed by atoms with Crippen LogP contribution in [0.2, 0.25) is 5.02 Å². The van der Waals surface area contributed by atoms with Gasteiger partial charge in [0, 0.05) is 12.2 Å². The number of hydrogen-bond acceptors (Lipinski definition) is 5. The van der Waals surface area contributed by atoms with E-state index in [2.05, 4.69) is 5.32 Å². The molecule has 3 N–H and O–H groups in total. The number of para-hydroxylation sites is 1. The Morgan fingerprint density at radius 2 is 1.95 bits per heavy atom. The number of nitrogens with one attached hydrogen (secondary N) is 1. The van der Waals surface area contributed by atoms with Crippen LogP contribution in [-0.2, 0) is 0 Å². The summed E-state index contributed by atoms with van der Waals surface area (Å²) in [4.78, 5) is 10.5. The van der Waals surface area contributed by atoms with E-state index < -0.39 is 4.92 Å². The van der Waals surface area contributed by atoms with Crippen molar-refractivity contribution >= 4 is 28.7 Å². The van der Waals surface area contributed by atoms with Gasteiger partial charge in [-0.3, -0.25) is 10.1 Å². The summed E-state index contributed by atoms with van der Waals surface area (Å²) in [5.41, 5.74) is 6.23. The first-order valence-corrected chi connectivity index (χ1v) is 6.62. The molecule has 0 unspecified atom stereocenters. The predicted molar refractivity (Wildman–Crippen MR) is 82.4 cm³/mol. The zero-order valence-corrected chi connectivity index (χ0v) is 11.8. The van der Waals surface area contributed by atoms with E-state index in [0.29, 0.717) is 30.3 Å². The van der Waals surface area contributed by atoms with Crippen molar-refractivity contribution in [2.45, 2.75) is 0 Å². The summed E-state index contributed by atoms with van der Waals surface area (Å²) in [5.74, 6) is 0.687. The molecule has 0 spiro atoms. The predicted octanol–water partition coefficient (Wildman–Crippen LogP) is 3.33. The Kier molecular flexibility index (Phi) is 4.97. The first-order chi connectivity index (χ1) is 10.1. The van der Waals surface area contributed by atoms with Crippen molar-refractivity contribution in [3.8, 4) is 5.75 Å². The Hall–Kier alpha value is -2.31. The third-order valence-electron chi connectivity index (χ3n) is 2.69. The van der Waals surface area contributed by atoms with Crippen LogP contribution in [0, 0.1) is 10.1 Å². The average molecular weight is 308 g/mol. The summed E-state index contributed by atoms with van der Waals surface area (Å²) >= 11 is 5.86. The molecule has 0 bridgehead atoms. The number of nitro groups is 1. The van der Waals surface area contributed by atoms with Gasteiger partial charge in [0.25, 0.3) is 0 Å². The van der Waals surface area contributed by atoms with E-state index in [1.165, 1.54) is 6.07 Å². The van der Waals surface area contributed by atoms with Gasteiger partial charge >= 0.3 is 5.69 Å². The molecule has 0 heterocycles. The van der Waals surface area contributed by atoms with Crippen LogP contribution >= 0.6 is 11.6 Å². The van der Waals surface area contributed by atoms with Gasteiger partial charge < -0.3 is 15.8 Å². The van der Waals surface area contributed by atoms with E-state index in [0.717, 1.165) is 0 Å². The molecule has 2 aromatic rings. The monoisotopic (exact) mass is 307 g/mol. The van der Waals surface area contributed by atoms with Crippen molar-refractivity contribution in [1.82, 2.24) is 0 Å². The lowest BCUT2D eigenvalue weighted by molar-refractivity contribution is -0.383. The molecule has 0 amide bonds. The van der Waals surface area contributed by atoms with Crippen LogP contribution in [0.5, 0.6) is 5.75 Å². The number of ether oxygens (including phenoxy) is 1. The van der Waals surface area contributed by atoms with Crippen LogP contribution < -0.4 is 15.8 Å². The highest BCUT2D eigenvalue weighted by molar-refractivity contribution is 6.33. The summed E-state index contributed by atoms with van der Waals surface area (Å²) in [6.45, 7) is 0.876. The van der Waals surface area contributed by atoms with Crippen molar-refractivity contribution in [3.63, 3.8) is 0 Å². The van der Waals surface area contributed by atoms with E-state index in [4.69, 9.17) is 22.1 Å². The molecular weight excluding hydrogens is 294 g/mol. The van der Waals surface area contributed by atoms with Gasteiger partial charge in [0.15, 0.2) is 0 Å². The van der Waals surface area contributed by atoms with Gasteiger partial charge in [-0.15, -0.1) is 0 Å². The summed E-state index contributed by atoms with van der Waals surface area (Å²) in [7, 11) is 0. The lowest BCUT2D eigenvalue weighted by atomic mass is 10.2. The van der Waals surface area contributed by atoms with Gasteiger partial charge in [0.05, 0.1) is 4.92 Å². The lowest BCUT2D eigenvalue weighted by Crippen LogP contribution is -2.10. The lowest BCUT2D eigenvalue weighted by Gasteiger charge is -2.09. The van der Waals surface area contributed by atoms with Crippen molar-refractivity contribution in [2.75, 3.05) is 18.5 Å². The van der Waals surface area contributed by atoms with Crippen molar-refractivity contribution < 1.29 is 9.66 Å². The second kappa shape index (κ2) is 6.92. The SMILES string of the molecule is NCCOc1ccc(Nc2cccc(Cl)c2[N+](=O)[O-])cc1. The zero-order chi connectivity index (χ0) is 15.2. The van der Waals surface area contributed by atoms with Gasteiger partial charge in [-0.25, -0.2) is 0 Å². The molecule has 0 aromatic heterocycles. The zero-order valence-electron chi connectivity index (χ0n) is 11.1. The molecule has 0 fully saturated rings. The van der Waals surface area contributed by atoms with Gasteiger partial charge in [-0.2, -0.15) is 0 Å². The highest BCUT2D eigenvalue weighted by Gasteiger charge is 2.18. The number of nitro benzene ring substituents is 1.